The quantitative estimate of drug-likeness (QED) is 0.487. The molecule has 2 heterocycles. The van der Waals surface area contributed by atoms with Crippen LogP contribution in [0.4, 0.5) is 30.6 Å². The van der Waals surface area contributed by atoms with Gasteiger partial charge in [-0.05, 0) is 25.2 Å². The Morgan fingerprint density at radius 2 is 2.10 bits per heavy atom. The molecule has 2 aliphatic carbocycles. The minimum Gasteiger partial charge on any atom is -0.391 e. The van der Waals surface area contributed by atoms with Gasteiger partial charge >= 0.3 is 6.18 Å². The lowest BCUT2D eigenvalue weighted by atomic mass is 9.88. The van der Waals surface area contributed by atoms with Crippen molar-refractivity contribution < 1.29 is 23.1 Å². The van der Waals surface area contributed by atoms with Crippen LogP contribution in [-0.2, 0) is 17.5 Å². The molecular weight excluding hydrogens is 415 g/mol. The molecule has 0 saturated heterocycles. The number of hydrogen-bond donors (Lipinski definition) is 4. The van der Waals surface area contributed by atoms with Gasteiger partial charge in [-0.1, -0.05) is 12.2 Å². The maximum absolute atomic E-state index is 13.6. The van der Waals surface area contributed by atoms with Crippen molar-refractivity contribution in [3.63, 3.8) is 0 Å². The van der Waals surface area contributed by atoms with Crippen LogP contribution >= 0.6 is 0 Å². The summed E-state index contributed by atoms with van der Waals surface area (Å²) in [5, 5.41) is 19.1. The molecule has 5 N–H and O–H groups in total. The molecular formula is C19H22F3N7O2. The molecule has 31 heavy (non-hydrogen) atoms. The molecule has 2 aromatic rings. The highest BCUT2D eigenvalue weighted by atomic mass is 19.4. The second-order valence-electron chi connectivity index (χ2n) is 7.93. The fourth-order valence-corrected chi connectivity index (χ4v) is 4.25. The number of alkyl halides is 3. The number of aromatic nitrogens is 4. The largest absolute Gasteiger partial charge is 0.421 e. The van der Waals surface area contributed by atoms with E-state index >= 15 is 0 Å². The molecule has 0 unspecified atom stereocenters. The summed E-state index contributed by atoms with van der Waals surface area (Å²) >= 11 is 0. The van der Waals surface area contributed by atoms with E-state index in [1.165, 1.54) is 10.9 Å². The summed E-state index contributed by atoms with van der Waals surface area (Å²) < 4.78 is 42.2. The lowest BCUT2D eigenvalue weighted by Gasteiger charge is -2.28. The van der Waals surface area contributed by atoms with E-state index in [2.05, 4.69) is 25.7 Å². The van der Waals surface area contributed by atoms with Crippen LogP contribution in [0.25, 0.3) is 0 Å². The van der Waals surface area contributed by atoms with Crippen LogP contribution in [0, 0.1) is 17.8 Å². The first-order chi connectivity index (χ1) is 14.6. The number of carbonyl (C=O) groups excluding carboxylic acids is 1. The SMILES string of the molecule is C[C@@H](O)Cn1cc(Nc2ncc(C(F)(F)F)c(N[C@H]3[C@@H](C(N)=O)[C@@H]4C=C[C@H]3C4)n2)cn1. The van der Waals surface area contributed by atoms with Crippen molar-refractivity contribution in [2.75, 3.05) is 10.6 Å². The summed E-state index contributed by atoms with van der Waals surface area (Å²) in [5.74, 6) is -1.84. The van der Waals surface area contributed by atoms with Gasteiger partial charge in [-0.3, -0.25) is 9.48 Å². The summed E-state index contributed by atoms with van der Waals surface area (Å²) in [6.45, 7) is 1.87. The molecule has 4 rings (SSSR count). The Morgan fingerprint density at radius 3 is 2.77 bits per heavy atom. The van der Waals surface area contributed by atoms with Crippen molar-refractivity contribution in [2.45, 2.75) is 38.2 Å². The zero-order valence-electron chi connectivity index (χ0n) is 16.5. The average Bonchev–Trinajstić information content (AvgIpc) is 3.37. The van der Waals surface area contributed by atoms with E-state index in [4.69, 9.17) is 5.73 Å². The number of allylic oxidation sites excluding steroid dienone is 1. The van der Waals surface area contributed by atoms with Crippen molar-refractivity contribution >= 4 is 23.4 Å². The number of amides is 1. The van der Waals surface area contributed by atoms with E-state index in [-0.39, 0.29) is 24.3 Å². The lowest BCUT2D eigenvalue weighted by Crippen LogP contribution is -2.41. The number of carbonyl (C=O) groups is 1. The van der Waals surface area contributed by atoms with Gasteiger partial charge in [0.1, 0.15) is 11.4 Å². The number of rotatable bonds is 7. The third-order valence-electron chi connectivity index (χ3n) is 5.53. The van der Waals surface area contributed by atoms with E-state index in [9.17, 15) is 23.1 Å². The third kappa shape index (κ3) is 4.33. The monoisotopic (exact) mass is 437 g/mol. The number of nitrogens with zero attached hydrogens (tertiary/aromatic N) is 4. The first kappa shape index (κ1) is 21.1. The van der Waals surface area contributed by atoms with E-state index in [1.54, 1.807) is 13.1 Å². The second kappa shape index (κ2) is 7.84. The predicted octanol–water partition coefficient (Wildman–Crippen LogP) is 1.90. The molecule has 1 fully saturated rings. The zero-order valence-corrected chi connectivity index (χ0v) is 16.5. The Morgan fingerprint density at radius 1 is 1.35 bits per heavy atom. The second-order valence-corrected chi connectivity index (χ2v) is 7.93. The number of aliphatic hydroxyl groups is 1. The Kier molecular flexibility index (Phi) is 5.33. The maximum Gasteiger partial charge on any atom is 0.421 e. The third-order valence-corrected chi connectivity index (χ3v) is 5.53. The van der Waals surface area contributed by atoms with Crippen molar-refractivity contribution in [1.29, 1.82) is 0 Å². The van der Waals surface area contributed by atoms with Crippen molar-refractivity contribution in [1.82, 2.24) is 19.7 Å². The number of fused-ring (bicyclic) bond motifs is 2. The Balaban J connectivity index is 1.60. The molecule has 0 spiro atoms. The highest BCUT2D eigenvalue weighted by molar-refractivity contribution is 5.80. The van der Waals surface area contributed by atoms with Crippen molar-refractivity contribution in [3.05, 3.63) is 36.3 Å². The number of anilines is 3. The molecule has 12 heteroatoms. The van der Waals surface area contributed by atoms with Crippen LogP contribution in [0.2, 0.25) is 0 Å². The van der Waals surface area contributed by atoms with Gasteiger partial charge < -0.3 is 21.5 Å². The number of halogens is 3. The van der Waals surface area contributed by atoms with E-state index in [0.717, 1.165) is 0 Å². The summed E-state index contributed by atoms with van der Waals surface area (Å²) in [6, 6.07) is -0.579. The molecule has 0 aromatic carbocycles. The van der Waals surface area contributed by atoms with Gasteiger partial charge in [-0.25, -0.2) is 4.98 Å². The summed E-state index contributed by atoms with van der Waals surface area (Å²) in [7, 11) is 0. The summed E-state index contributed by atoms with van der Waals surface area (Å²) in [6.07, 6.45) is 2.86. The van der Waals surface area contributed by atoms with Gasteiger partial charge in [0.2, 0.25) is 11.9 Å². The number of nitrogens with one attached hydrogen (secondary N) is 2. The lowest BCUT2D eigenvalue weighted by molar-refractivity contribution is -0.137. The highest BCUT2D eigenvalue weighted by Gasteiger charge is 2.48. The zero-order chi connectivity index (χ0) is 22.3. The molecule has 2 aromatic heterocycles. The van der Waals surface area contributed by atoms with Crippen molar-refractivity contribution in [3.8, 4) is 0 Å². The van der Waals surface area contributed by atoms with Gasteiger partial charge in [0.05, 0.1) is 30.5 Å². The van der Waals surface area contributed by atoms with Crippen LogP contribution in [0.15, 0.2) is 30.7 Å². The molecule has 1 amide bonds. The van der Waals surface area contributed by atoms with Gasteiger partial charge in [-0.15, -0.1) is 0 Å². The van der Waals surface area contributed by atoms with Crippen LogP contribution in [0.3, 0.4) is 0 Å². The molecule has 166 valence electrons. The van der Waals surface area contributed by atoms with Gasteiger partial charge in [-0.2, -0.15) is 23.3 Å². The number of hydrogen-bond acceptors (Lipinski definition) is 7. The molecule has 2 bridgehead atoms. The van der Waals surface area contributed by atoms with Crippen LogP contribution in [-0.4, -0.2) is 42.9 Å². The predicted molar refractivity (Wildman–Crippen MR) is 105 cm³/mol. The Labute approximate surface area is 175 Å². The van der Waals surface area contributed by atoms with E-state index < -0.39 is 41.5 Å². The molecule has 5 atom stereocenters. The van der Waals surface area contributed by atoms with E-state index in [1.807, 2.05) is 12.2 Å². The minimum absolute atomic E-state index is 0.0681. The number of nitrogens with two attached hydrogens (primary N) is 1. The van der Waals surface area contributed by atoms with Crippen LogP contribution in [0.1, 0.15) is 18.9 Å². The summed E-state index contributed by atoms with van der Waals surface area (Å²) in [4.78, 5) is 19.7. The fraction of sp³-hybridized carbons (Fsp3) is 0.474. The number of aliphatic hydroxyl groups excluding tert-OH is 1. The standard InChI is InChI=1S/C19H22F3N7O2/c1-9(30)7-29-8-12(5-25-29)26-18-24-6-13(19(20,21)22)17(28-18)27-15-11-3-2-10(4-11)14(15)16(23)31/h2-3,5-6,8-11,14-15,30H,4,7H2,1H3,(H2,23,31)(H2,24,26,27,28)/t9-,10-,11+,14+,15-/m1/s1. The van der Waals surface area contributed by atoms with Crippen LogP contribution in [0.5, 0.6) is 0 Å². The maximum atomic E-state index is 13.6. The van der Waals surface area contributed by atoms with Gasteiger partial charge in [0.25, 0.3) is 0 Å². The van der Waals surface area contributed by atoms with Crippen LogP contribution < -0.4 is 16.4 Å². The average molecular weight is 437 g/mol. The van der Waals surface area contributed by atoms with E-state index in [0.29, 0.717) is 18.3 Å². The van der Waals surface area contributed by atoms with Crippen molar-refractivity contribution in [2.24, 2.45) is 23.5 Å². The molecule has 2 aliphatic rings. The first-order valence-corrected chi connectivity index (χ1v) is 9.78. The summed E-state index contributed by atoms with van der Waals surface area (Å²) in [5.41, 5.74) is 4.93. The normalized spacial score (nSPS) is 25.6. The minimum atomic E-state index is -4.68. The molecule has 0 aliphatic heterocycles. The molecule has 9 nitrogen and oxygen atoms in total. The number of primary amides is 1. The fourth-order valence-electron chi connectivity index (χ4n) is 4.25. The Hall–Kier alpha value is -3.15. The topological polar surface area (TPSA) is 131 Å². The van der Waals surface area contributed by atoms with Gasteiger partial charge in [0.15, 0.2) is 0 Å². The molecule has 1 saturated carbocycles. The smallest absolute Gasteiger partial charge is 0.391 e. The molecule has 0 radical (unpaired) electrons. The Bertz CT molecular complexity index is 1000. The van der Waals surface area contributed by atoms with Gasteiger partial charge in [0, 0.05) is 18.4 Å². The highest BCUT2D eigenvalue weighted by Crippen LogP contribution is 2.45. The first-order valence-electron chi connectivity index (χ1n) is 9.78.